The van der Waals surface area contributed by atoms with Gasteiger partial charge in [0.15, 0.2) is 0 Å². The van der Waals surface area contributed by atoms with Gasteiger partial charge in [-0.1, -0.05) is 15.9 Å². The van der Waals surface area contributed by atoms with Crippen LogP contribution >= 0.6 is 15.9 Å². The van der Waals surface area contributed by atoms with Gasteiger partial charge in [-0.15, -0.1) is 0 Å². The molecule has 0 saturated heterocycles. The molecule has 0 bridgehead atoms. The third-order valence-electron chi connectivity index (χ3n) is 1.99. The van der Waals surface area contributed by atoms with Crippen molar-refractivity contribution in [2.24, 2.45) is 0 Å². The van der Waals surface area contributed by atoms with E-state index >= 15 is 0 Å². The van der Waals surface area contributed by atoms with Crippen molar-refractivity contribution in [3.63, 3.8) is 0 Å². The molecule has 0 aliphatic carbocycles. The number of ether oxygens (including phenoxy) is 1. The molecule has 0 heterocycles. The second-order valence-electron chi connectivity index (χ2n) is 3.25. The number of anilines is 1. The van der Waals surface area contributed by atoms with E-state index < -0.39 is 17.7 Å². The molecule has 1 amide bonds. The zero-order valence-electron chi connectivity index (χ0n) is 9.13. The van der Waals surface area contributed by atoms with Gasteiger partial charge in [0.2, 0.25) is 5.91 Å². The summed E-state index contributed by atoms with van der Waals surface area (Å²) < 4.78 is 18.3. The average Bonchev–Trinajstić information content (AvgIpc) is 2.30. The first-order valence-electron chi connectivity index (χ1n) is 4.84. The summed E-state index contributed by atoms with van der Waals surface area (Å²) in [4.78, 5) is 22.2. The van der Waals surface area contributed by atoms with Crippen molar-refractivity contribution in [1.82, 2.24) is 0 Å². The summed E-state index contributed by atoms with van der Waals surface area (Å²) in [7, 11) is 1.24. The number of esters is 1. The molecule has 1 aromatic carbocycles. The number of carbonyl (C=O) groups is 2. The predicted octanol–water partition coefficient (Wildman–Crippen LogP) is 2.48. The molecule has 0 fully saturated rings. The largest absolute Gasteiger partial charge is 0.469 e. The van der Waals surface area contributed by atoms with Crippen molar-refractivity contribution in [2.75, 3.05) is 12.4 Å². The molecule has 1 rings (SSSR count). The van der Waals surface area contributed by atoms with Gasteiger partial charge < -0.3 is 10.1 Å². The number of halogens is 2. The lowest BCUT2D eigenvalue weighted by Gasteiger charge is -2.06. The monoisotopic (exact) mass is 303 g/mol. The van der Waals surface area contributed by atoms with Crippen LogP contribution in [0.3, 0.4) is 0 Å². The second kappa shape index (κ2) is 6.34. The first-order valence-corrected chi connectivity index (χ1v) is 5.64. The smallest absolute Gasteiger partial charge is 0.306 e. The van der Waals surface area contributed by atoms with Crippen LogP contribution in [0, 0.1) is 5.82 Å². The summed E-state index contributed by atoms with van der Waals surface area (Å²) in [5.41, 5.74) is 0.0780. The maximum absolute atomic E-state index is 13.3. The first-order chi connectivity index (χ1) is 8.02. The second-order valence-corrected chi connectivity index (χ2v) is 4.16. The fourth-order valence-electron chi connectivity index (χ4n) is 1.12. The molecule has 17 heavy (non-hydrogen) atoms. The zero-order chi connectivity index (χ0) is 12.8. The SMILES string of the molecule is COC(=O)CCC(=O)Nc1cc(Br)ccc1F. The molecule has 0 atom stereocenters. The van der Waals surface area contributed by atoms with E-state index in [9.17, 15) is 14.0 Å². The van der Waals surface area contributed by atoms with Crippen LogP contribution < -0.4 is 5.32 Å². The van der Waals surface area contributed by atoms with Gasteiger partial charge in [-0.3, -0.25) is 9.59 Å². The number of hydrogen-bond acceptors (Lipinski definition) is 3. The van der Waals surface area contributed by atoms with Crippen LogP contribution in [0.25, 0.3) is 0 Å². The molecule has 0 spiro atoms. The highest BCUT2D eigenvalue weighted by Crippen LogP contribution is 2.20. The highest BCUT2D eigenvalue weighted by Gasteiger charge is 2.09. The van der Waals surface area contributed by atoms with Gasteiger partial charge >= 0.3 is 5.97 Å². The van der Waals surface area contributed by atoms with E-state index in [0.717, 1.165) is 0 Å². The molecular formula is C11H11BrFNO3. The van der Waals surface area contributed by atoms with Crippen molar-refractivity contribution in [3.05, 3.63) is 28.5 Å². The van der Waals surface area contributed by atoms with Crippen LogP contribution in [-0.4, -0.2) is 19.0 Å². The molecule has 0 aliphatic heterocycles. The first kappa shape index (κ1) is 13.6. The van der Waals surface area contributed by atoms with Crippen LogP contribution in [0.2, 0.25) is 0 Å². The van der Waals surface area contributed by atoms with E-state index in [-0.39, 0.29) is 18.5 Å². The summed E-state index contributed by atoms with van der Waals surface area (Å²) in [6.07, 6.45) is -0.0728. The minimum absolute atomic E-state index is 0.0298. The molecule has 0 unspecified atom stereocenters. The van der Waals surface area contributed by atoms with Crippen LogP contribution in [0.4, 0.5) is 10.1 Å². The van der Waals surface area contributed by atoms with Crippen LogP contribution in [0.1, 0.15) is 12.8 Å². The summed E-state index contributed by atoms with van der Waals surface area (Å²) in [6.45, 7) is 0. The number of methoxy groups -OCH3 is 1. The molecule has 0 aromatic heterocycles. The van der Waals surface area contributed by atoms with Crippen molar-refractivity contribution in [1.29, 1.82) is 0 Å². The van der Waals surface area contributed by atoms with Crippen molar-refractivity contribution >= 4 is 33.5 Å². The van der Waals surface area contributed by atoms with E-state index in [0.29, 0.717) is 4.47 Å². The summed E-state index contributed by atoms with van der Waals surface area (Å²) in [5.74, 6) is -1.44. The number of rotatable bonds is 4. The summed E-state index contributed by atoms with van der Waals surface area (Å²) in [6, 6.07) is 4.21. The highest BCUT2D eigenvalue weighted by molar-refractivity contribution is 9.10. The van der Waals surface area contributed by atoms with Gasteiger partial charge in [-0.25, -0.2) is 4.39 Å². The van der Waals surface area contributed by atoms with E-state index in [1.54, 1.807) is 0 Å². The lowest BCUT2D eigenvalue weighted by atomic mass is 10.2. The maximum atomic E-state index is 13.3. The Kier molecular flexibility index (Phi) is 5.09. The van der Waals surface area contributed by atoms with Gasteiger partial charge in [0.05, 0.1) is 19.2 Å². The molecule has 4 nitrogen and oxygen atoms in total. The van der Waals surface area contributed by atoms with Gasteiger partial charge in [0.1, 0.15) is 5.82 Å². The Hall–Kier alpha value is -1.43. The van der Waals surface area contributed by atoms with Crippen LogP contribution in [-0.2, 0) is 14.3 Å². The van der Waals surface area contributed by atoms with Crippen molar-refractivity contribution in [2.45, 2.75) is 12.8 Å². The van der Waals surface area contributed by atoms with Gasteiger partial charge in [-0.05, 0) is 18.2 Å². The van der Waals surface area contributed by atoms with E-state index in [1.807, 2.05) is 0 Å². The normalized spacial score (nSPS) is 9.82. The minimum Gasteiger partial charge on any atom is -0.469 e. The molecular weight excluding hydrogens is 293 g/mol. The fourth-order valence-corrected chi connectivity index (χ4v) is 1.48. The number of benzene rings is 1. The van der Waals surface area contributed by atoms with E-state index in [4.69, 9.17) is 0 Å². The summed E-state index contributed by atoms with van der Waals surface area (Å²) in [5, 5.41) is 2.38. The maximum Gasteiger partial charge on any atom is 0.306 e. The Morgan fingerprint density at radius 1 is 1.41 bits per heavy atom. The topological polar surface area (TPSA) is 55.4 Å². The highest BCUT2D eigenvalue weighted by atomic mass is 79.9. The van der Waals surface area contributed by atoms with Gasteiger partial charge in [-0.2, -0.15) is 0 Å². The number of amides is 1. The van der Waals surface area contributed by atoms with Crippen LogP contribution in [0.5, 0.6) is 0 Å². The third-order valence-corrected chi connectivity index (χ3v) is 2.48. The molecule has 0 aliphatic rings. The Labute approximate surface area is 106 Å². The number of hydrogen-bond donors (Lipinski definition) is 1. The standard InChI is InChI=1S/C11H11BrFNO3/c1-17-11(16)5-4-10(15)14-9-6-7(12)2-3-8(9)13/h2-3,6H,4-5H2,1H3,(H,14,15). The van der Waals surface area contributed by atoms with E-state index in [2.05, 4.69) is 26.0 Å². The Morgan fingerprint density at radius 3 is 2.76 bits per heavy atom. The minimum atomic E-state index is -0.528. The van der Waals surface area contributed by atoms with Gasteiger partial charge in [0.25, 0.3) is 0 Å². The number of nitrogens with one attached hydrogen (secondary N) is 1. The predicted molar refractivity (Wildman–Crippen MR) is 64.0 cm³/mol. The third kappa shape index (κ3) is 4.52. The lowest BCUT2D eigenvalue weighted by Crippen LogP contribution is -2.14. The molecule has 6 heteroatoms. The Bertz CT molecular complexity index is 437. The molecule has 92 valence electrons. The molecule has 0 radical (unpaired) electrons. The average molecular weight is 304 g/mol. The Balaban J connectivity index is 2.56. The quantitative estimate of drug-likeness (QED) is 0.870. The Morgan fingerprint density at radius 2 is 2.12 bits per heavy atom. The molecule has 0 saturated carbocycles. The van der Waals surface area contributed by atoms with E-state index in [1.165, 1.54) is 25.3 Å². The summed E-state index contributed by atoms with van der Waals surface area (Å²) >= 11 is 3.17. The zero-order valence-corrected chi connectivity index (χ0v) is 10.7. The van der Waals surface area contributed by atoms with Crippen LogP contribution in [0.15, 0.2) is 22.7 Å². The van der Waals surface area contributed by atoms with Crippen molar-refractivity contribution < 1.29 is 18.7 Å². The lowest BCUT2D eigenvalue weighted by molar-refractivity contribution is -0.141. The molecule has 1 N–H and O–H groups in total. The molecule has 1 aromatic rings. The fraction of sp³-hybridized carbons (Fsp3) is 0.273. The number of carbonyl (C=O) groups excluding carboxylic acids is 2. The van der Waals surface area contributed by atoms with Crippen molar-refractivity contribution in [3.8, 4) is 0 Å². The van der Waals surface area contributed by atoms with Gasteiger partial charge in [0, 0.05) is 10.9 Å².